The van der Waals surface area contributed by atoms with E-state index in [-0.39, 0.29) is 18.9 Å². The summed E-state index contributed by atoms with van der Waals surface area (Å²) in [6.07, 6.45) is 56.0. The van der Waals surface area contributed by atoms with Crippen molar-refractivity contribution in [3.63, 3.8) is 0 Å². The maximum absolute atomic E-state index is 12.9. The number of rotatable bonds is 39. The van der Waals surface area contributed by atoms with E-state index in [0.717, 1.165) is 77.0 Å². The maximum atomic E-state index is 12.9. The molecule has 0 bridgehead atoms. The van der Waals surface area contributed by atoms with Gasteiger partial charge in [0.15, 0.2) is 0 Å². The number of nitrogens with one attached hydrogen (secondary N) is 1. The van der Waals surface area contributed by atoms with Crippen LogP contribution in [-0.2, 0) is 18.4 Å². The van der Waals surface area contributed by atoms with Crippen molar-refractivity contribution in [3.05, 3.63) is 97.2 Å². The number of phosphoric ester groups is 1. The molecule has 0 aromatic carbocycles. The third-order valence-electron chi connectivity index (χ3n) is 9.26. The molecule has 0 radical (unpaired) electrons. The van der Waals surface area contributed by atoms with Crippen LogP contribution in [0.5, 0.6) is 0 Å². The predicted octanol–water partition coefficient (Wildman–Crippen LogP) is 12.1. The molecular weight excluding hydrogens is 744 g/mol. The third-order valence-corrected chi connectivity index (χ3v) is 10.2. The smallest absolute Gasteiger partial charge is 0.268 e. The summed E-state index contributed by atoms with van der Waals surface area (Å²) in [6.45, 7) is 4.44. The van der Waals surface area contributed by atoms with Crippen LogP contribution < -0.4 is 10.2 Å². The summed E-state index contributed by atoms with van der Waals surface area (Å²) in [5.74, 6) is -0.248. The summed E-state index contributed by atoms with van der Waals surface area (Å²) in [5, 5.41) is 13.7. The van der Waals surface area contributed by atoms with Crippen LogP contribution in [0, 0.1) is 0 Å². The number of hydrogen-bond donors (Lipinski definition) is 2. The summed E-state index contributed by atoms with van der Waals surface area (Å²) in [7, 11) is 1.19. The summed E-state index contributed by atoms with van der Waals surface area (Å²) in [5.41, 5.74) is 0. The number of allylic oxidation sites excluding steroid dienone is 15. The van der Waals surface area contributed by atoms with Crippen molar-refractivity contribution in [1.29, 1.82) is 0 Å². The van der Waals surface area contributed by atoms with Gasteiger partial charge in [0, 0.05) is 6.42 Å². The minimum atomic E-state index is -4.62. The van der Waals surface area contributed by atoms with E-state index in [1.54, 1.807) is 6.08 Å². The van der Waals surface area contributed by atoms with E-state index in [1.165, 1.54) is 51.4 Å². The van der Waals surface area contributed by atoms with Crippen molar-refractivity contribution < 1.29 is 32.9 Å². The molecule has 0 heterocycles. The van der Waals surface area contributed by atoms with Crippen LogP contribution in [0.15, 0.2) is 97.2 Å². The molecule has 0 spiro atoms. The number of aliphatic hydroxyl groups excluding tert-OH is 1. The van der Waals surface area contributed by atoms with Gasteiger partial charge < -0.3 is 28.8 Å². The summed E-state index contributed by atoms with van der Waals surface area (Å²) >= 11 is 0. The van der Waals surface area contributed by atoms with E-state index in [1.807, 2.05) is 27.2 Å². The minimum absolute atomic E-state index is 0.0214. The first-order chi connectivity index (χ1) is 28.0. The molecule has 0 aliphatic heterocycles. The molecule has 9 heteroatoms. The number of likely N-dealkylation sites (N-methyl/N-ethyl adjacent to an activating group) is 1. The Morgan fingerprint density at radius 3 is 1.60 bits per heavy atom. The Balaban J connectivity index is 4.59. The molecule has 2 N–H and O–H groups in total. The Kier molecular flexibility index (Phi) is 38.1. The second-order valence-electron chi connectivity index (χ2n) is 16.0. The molecule has 0 rings (SSSR count). The molecule has 3 unspecified atom stereocenters. The number of aliphatic hydroxyl groups is 1. The van der Waals surface area contributed by atoms with Crippen molar-refractivity contribution in [2.75, 3.05) is 40.9 Å². The molecule has 332 valence electrons. The maximum Gasteiger partial charge on any atom is 0.268 e. The van der Waals surface area contributed by atoms with Crippen molar-refractivity contribution in [1.82, 2.24) is 5.32 Å². The lowest BCUT2D eigenvalue weighted by Gasteiger charge is -2.29. The van der Waals surface area contributed by atoms with Gasteiger partial charge in [-0.05, 0) is 89.9 Å². The highest BCUT2D eigenvalue weighted by molar-refractivity contribution is 7.45. The van der Waals surface area contributed by atoms with Gasteiger partial charge in [-0.3, -0.25) is 9.36 Å². The lowest BCUT2D eigenvalue weighted by Crippen LogP contribution is -2.45. The number of amides is 1. The fourth-order valence-corrected chi connectivity index (χ4v) is 6.40. The molecule has 0 aromatic heterocycles. The first-order valence-corrected chi connectivity index (χ1v) is 24.1. The third kappa shape index (κ3) is 41.6. The second-order valence-corrected chi connectivity index (χ2v) is 17.4. The van der Waals surface area contributed by atoms with Crippen LogP contribution in [0.3, 0.4) is 0 Å². The first-order valence-electron chi connectivity index (χ1n) is 22.6. The number of carbonyl (C=O) groups excluding carboxylic acids is 1. The zero-order chi connectivity index (χ0) is 42.8. The zero-order valence-electron chi connectivity index (χ0n) is 37.5. The molecule has 0 fully saturated rings. The predicted molar refractivity (Wildman–Crippen MR) is 246 cm³/mol. The second kappa shape index (κ2) is 39.9. The van der Waals surface area contributed by atoms with Crippen LogP contribution in [-0.4, -0.2) is 68.5 Å². The standard InChI is InChI=1S/C49H85N2O6P/c1-6-8-10-12-14-16-18-20-22-24-25-27-29-31-33-35-37-39-41-43-49(53)50-47(46-57-58(54,55)56-45-44-51(3,4)5)48(52)42-40-38-36-34-32-30-28-26-23-21-19-17-15-13-11-9-7-2/h8,10,14,16,20,22-23,25-27,31-34,40,42,47-48,52H,6-7,9,11-13,15,17-19,21,24,28-30,35-39,41,43-46H2,1-5H3,(H-,50,53,54,55)/b10-8-,16-14-,22-20-,26-23+,27-25-,33-31-,34-32+,42-40+. The van der Waals surface area contributed by atoms with Crippen molar-refractivity contribution in [2.24, 2.45) is 0 Å². The Labute approximate surface area is 356 Å². The van der Waals surface area contributed by atoms with Crippen LogP contribution >= 0.6 is 7.82 Å². The number of quaternary nitrogens is 1. The van der Waals surface area contributed by atoms with Crippen molar-refractivity contribution >= 4 is 13.7 Å². The van der Waals surface area contributed by atoms with Gasteiger partial charge in [0.25, 0.3) is 7.82 Å². The minimum Gasteiger partial charge on any atom is -0.756 e. The quantitative estimate of drug-likeness (QED) is 0.0276. The average Bonchev–Trinajstić information content (AvgIpc) is 3.17. The van der Waals surface area contributed by atoms with E-state index in [0.29, 0.717) is 17.4 Å². The van der Waals surface area contributed by atoms with Gasteiger partial charge in [-0.2, -0.15) is 0 Å². The fourth-order valence-electron chi connectivity index (χ4n) is 5.68. The molecular formula is C49H85N2O6P. The highest BCUT2D eigenvalue weighted by Crippen LogP contribution is 2.38. The monoisotopic (exact) mass is 829 g/mol. The van der Waals surface area contributed by atoms with E-state index < -0.39 is 26.6 Å². The zero-order valence-corrected chi connectivity index (χ0v) is 38.3. The van der Waals surface area contributed by atoms with Gasteiger partial charge >= 0.3 is 0 Å². The van der Waals surface area contributed by atoms with Gasteiger partial charge in [-0.15, -0.1) is 0 Å². The Bertz CT molecular complexity index is 1260. The van der Waals surface area contributed by atoms with Crippen LogP contribution in [0.25, 0.3) is 0 Å². The van der Waals surface area contributed by atoms with E-state index >= 15 is 0 Å². The van der Waals surface area contributed by atoms with E-state index in [2.05, 4.69) is 104 Å². The lowest BCUT2D eigenvalue weighted by molar-refractivity contribution is -0.870. The largest absolute Gasteiger partial charge is 0.756 e. The van der Waals surface area contributed by atoms with Gasteiger partial charge in [0.05, 0.1) is 39.9 Å². The van der Waals surface area contributed by atoms with Crippen molar-refractivity contribution in [2.45, 2.75) is 167 Å². The van der Waals surface area contributed by atoms with Crippen LogP contribution in [0.4, 0.5) is 0 Å². The van der Waals surface area contributed by atoms with Crippen LogP contribution in [0.1, 0.15) is 155 Å². The van der Waals surface area contributed by atoms with Gasteiger partial charge in [-0.1, -0.05) is 156 Å². The summed E-state index contributed by atoms with van der Waals surface area (Å²) in [6, 6.07) is -0.933. The van der Waals surface area contributed by atoms with Gasteiger partial charge in [0.1, 0.15) is 13.2 Å². The Morgan fingerprint density at radius 2 is 1.07 bits per heavy atom. The van der Waals surface area contributed by atoms with Crippen LogP contribution in [0.2, 0.25) is 0 Å². The molecule has 1 amide bonds. The van der Waals surface area contributed by atoms with Crippen molar-refractivity contribution in [3.8, 4) is 0 Å². The number of carbonyl (C=O) groups is 1. The molecule has 0 saturated heterocycles. The lowest BCUT2D eigenvalue weighted by atomic mass is 10.1. The Morgan fingerprint density at radius 1 is 0.621 bits per heavy atom. The molecule has 3 atom stereocenters. The summed E-state index contributed by atoms with van der Waals surface area (Å²) in [4.78, 5) is 25.3. The highest BCUT2D eigenvalue weighted by atomic mass is 31.2. The van der Waals surface area contributed by atoms with E-state index in [4.69, 9.17) is 9.05 Å². The number of unbranched alkanes of at least 4 members (excludes halogenated alkanes) is 12. The Hall–Kier alpha value is -2.58. The number of phosphoric acid groups is 1. The normalized spacial score (nSPS) is 15.2. The molecule has 8 nitrogen and oxygen atoms in total. The first kappa shape index (κ1) is 55.4. The number of nitrogens with zero attached hydrogens (tertiary/aromatic N) is 1. The van der Waals surface area contributed by atoms with Gasteiger partial charge in [0.2, 0.25) is 5.91 Å². The van der Waals surface area contributed by atoms with Gasteiger partial charge in [-0.25, -0.2) is 0 Å². The molecule has 0 saturated carbocycles. The average molecular weight is 829 g/mol. The molecule has 0 aliphatic carbocycles. The highest BCUT2D eigenvalue weighted by Gasteiger charge is 2.23. The summed E-state index contributed by atoms with van der Waals surface area (Å²) < 4.78 is 23.2. The fraction of sp³-hybridized carbons (Fsp3) is 0.653. The topological polar surface area (TPSA) is 108 Å². The molecule has 0 aromatic rings. The SMILES string of the molecule is CC/C=C\C/C=C\C/C=C\C/C=C\C/C=C\CCCCCC(=O)NC(COP(=O)([O-])OCC[N+](C)(C)C)C(O)/C=C/CC/C=C/CC/C=C/CCCCCCCCC. The number of hydrogen-bond acceptors (Lipinski definition) is 6. The molecule has 58 heavy (non-hydrogen) atoms. The van der Waals surface area contributed by atoms with E-state index in [9.17, 15) is 19.4 Å². The molecule has 0 aliphatic rings.